The number of hydrogen-bond acceptors (Lipinski definition) is 3. The highest BCUT2D eigenvalue weighted by Crippen LogP contribution is 2.36. The fourth-order valence-electron chi connectivity index (χ4n) is 2.50. The molecule has 22 heavy (non-hydrogen) atoms. The van der Waals surface area contributed by atoms with Gasteiger partial charge in [-0.1, -0.05) is 0 Å². The van der Waals surface area contributed by atoms with Crippen molar-refractivity contribution in [2.45, 2.75) is 25.4 Å². The number of benzene rings is 1. The number of amides is 1. The van der Waals surface area contributed by atoms with E-state index in [0.717, 1.165) is 38.1 Å². The van der Waals surface area contributed by atoms with Gasteiger partial charge in [0.1, 0.15) is 0 Å². The zero-order valence-corrected chi connectivity index (χ0v) is 12.5. The van der Waals surface area contributed by atoms with Crippen molar-refractivity contribution in [2.24, 2.45) is 0 Å². The first-order valence-electron chi connectivity index (χ1n) is 7.32. The third kappa shape index (κ3) is 4.13. The van der Waals surface area contributed by atoms with Gasteiger partial charge in [0, 0.05) is 26.1 Å². The van der Waals surface area contributed by atoms with Crippen LogP contribution in [0.2, 0.25) is 0 Å². The quantitative estimate of drug-likeness (QED) is 0.878. The van der Waals surface area contributed by atoms with Crippen LogP contribution < -0.4 is 15.5 Å². The lowest BCUT2D eigenvalue weighted by atomic mass is 10.1. The number of carbonyl (C=O) groups excluding carboxylic acids is 1. The van der Waals surface area contributed by atoms with E-state index >= 15 is 0 Å². The molecular formula is C15H20F3N3O. The summed E-state index contributed by atoms with van der Waals surface area (Å²) in [5.41, 5.74) is 0.139. The monoisotopic (exact) mass is 315 g/mol. The number of anilines is 2. The number of nitrogens with one attached hydrogen (secondary N) is 2. The Kier molecular flexibility index (Phi) is 5.28. The highest BCUT2D eigenvalue weighted by Gasteiger charge is 2.31. The lowest BCUT2D eigenvalue weighted by molar-refractivity contribution is -0.137. The molecule has 0 aliphatic carbocycles. The highest BCUT2D eigenvalue weighted by molar-refractivity contribution is 5.94. The van der Waals surface area contributed by atoms with Crippen LogP contribution in [0.5, 0.6) is 0 Å². The van der Waals surface area contributed by atoms with Gasteiger partial charge in [0.2, 0.25) is 5.91 Å². The van der Waals surface area contributed by atoms with E-state index < -0.39 is 11.7 Å². The van der Waals surface area contributed by atoms with Crippen molar-refractivity contribution >= 4 is 17.3 Å². The molecule has 0 radical (unpaired) electrons. The minimum atomic E-state index is -4.42. The molecule has 1 aromatic carbocycles. The number of alkyl halides is 3. The maximum Gasteiger partial charge on any atom is 0.416 e. The van der Waals surface area contributed by atoms with Gasteiger partial charge in [0.05, 0.1) is 16.9 Å². The van der Waals surface area contributed by atoms with E-state index in [2.05, 4.69) is 10.6 Å². The number of halogens is 3. The molecule has 4 nitrogen and oxygen atoms in total. The molecule has 7 heteroatoms. The molecule has 0 atom stereocenters. The van der Waals surface area contributed by atoms with Gasteiger partial charge in [0.25, 0.3) is 0 Å². The summed E-state index contributed by atoms with van der Waals surface area (Å²) in [6.45, 7) is 2.07. The van der Waals surface area contributed by atoms with Gasteiger partial charge < -0.3 is 15.5 Å². The van der Waals surface area contributed by atoms with Gasteiger partial charge in [-0.3, -0.25) is 4.79 Å². The molecule has 2 N–H and O–H groups in total. The topological polar surface area (TPSA) is 44.4 Å². The minimum Gasteiger partial charge on any atom is -0.370 e. The van der Waals surface area contributed by atoms with E-state index in [1.54, 1.807) is 7.05 Å². The van der Waals surface area contributed by atoms with E-state index in [1.165, 1.54) is 6.07 Å². The van der Waals surface area contributed by atoms with Crippen molar-refractivity contribution in [3.05, 3.63) is 23.8 Å². The number of carbonyl (C=O) groups is 1. The van der Waals surface area contributed by atoms with E-state index in [1.807, 2.05) is 4.90 Å². The number of nitrogens with zero attached hydrogens (tertiary/aromatic N) is 1. The van der Waals surface area contributed by atoms with Crippen LogP contribution in [0, 0.1) is 0 Å². The van der Waals surface area contributed by atoms with E-state index in [0.29, 0.717) is 12.2 Å². The van der Waals surface area contributed by atoms with Crippen LogP contribution in [0.4, 0.5) is 24.5 Å². The lowest BCUT2D eigenvalue weighted by Crippen LogP contribution is -2.23. The van der Waals surface area contributed by atoms with Gasteiger partial charge in [0.15, 0.2) is 0 Å². The second-order valence-corrected chi connectivity index (χ2v) is 5.33. The van der Waals surface area contributed by atoms with Crippen molar-refractivity contribution in [2.75, 3.05) is 36.9 Å². The largest absolute Gasteiger partial charge is 0.416 e. The third-order valence-electron chi connectivity index (χ3n) is 3.65. The molecule has 0 unspecified atom stereocenters. The first-order valence-corrected chi connectivity index (χ1v) is 7.32. The Balaban J connectivity index is 2.26. The Bertz CT molecular complexity index is 525. The molecular weight excluding hydrogens is 295 g/mol. The Morgan fingerprint density at radius 3 is 2.55 bits per heavy atom. The maximum absolute atomic E-state index is 12.9. The Morgan fingerprint density at radius 2 is 1.95 bits per heavy atom. The predicted octanol–water partition coefficient (Wildman–Crippen LogP) is 2.85. The maximum atomic E-state index is 12.9. The fraction of sp³-hybridized carbons (Fsp3) is 0.533. The van der Waals surface area contributed by atoms with Gasteiger partial charge >= 0.3 is 6.18 Å². The summed E-state index contributed by atoms with van der Waals surface area (Å²) in [6, 6.07) is 3.53. The van der Waals surface area contributed by atoms with Crippen LogP contribution in [0.25, 0.3) is 0 Å². The number of hydrogen-bond donors (Lipinski definition) is 2. The van der Waals surface area contributed by atoms with Crippen LogP contribution in [0.15, 0.2) is 18.2 Å². The standard InChI is InChI=1S/C15H20F3N3O/c1-19-7-6-14(22)20-12-10-11(15(16,17)18)4-5-13(12)21-8-2-3-9-21/h4-5,10,19H,2-3,6-9H2,1H3,(H,20,22). The summed E-state index contributed by atoms with van der Waals surface area (Å²) in [4.78, 5) is 13.9. The molecule has 0 aromatic heterocycles. The molecule has 1 amide bonds. The molecule has 0 bridgehead atoms. The zero-order valence-electron chi connectivity index (χ0n) is 12.5. The highest BCUT2D eigenvalue weighted by atomic mass is 19.4. The summed E-state index contributed by atoms with van der Waals surface area (Å²) >= 11 is 0. The molecule has 0 spiro atoms. The average molecular weight is 315 g/mol. The predicted molar refractivity (Wildman–Crippen MR) is 80.1 cm³/mol. The number of rotatable bonds is 5. The summed E-state index contributed by atoms with van der Waals surface area (Å²) in [6.07, 6.45) is -2.19. The summed E-state index contributed by atoms with van der Waals surface area (Å²) < 4.78 is 38.6. The molecule has 2 rings (SSSR count). The van der Waals surface area contributed by atoms with Crippen molar-refractivity contribution in [1.29, 1.82) is 0 Å². The van der Waals surface area contributed by atoms with Crippen molar-refractivity contribution in [3.63, 3.8) is 0 Å². The molecule has 1 aliphatic heterocycles. The van der Waals surface area contributed by atoms with E-state index in [4.69, 9.17) is 0 Å². The van der Waals surface area contributed by atoms with Crippen LogP contribution in [0.3, 0.4) is 0 Å². The first-order chi connectivity index (χ1) is 10.4. The Morgan fingerprint density at radius 1 is 1.27 bits per heavy atom. The molecule has 1 aromatic rings. The zero-order chi connectivity index (χ0) is 16.2. The minimum absolute atomic E-state index is 0.214. The molecule has 0 saturated carbocycles. The summed E-state index contributed by atoms with van der Waals surface area (Å²) in [5, 5.41) is 5.45. The smallest absolute Gasteiger partial charge is 0.370 e. The normalized spacial score (nSPS) is 15.2. The summed E-state index contributed by atoms with van der Waals surface area (Å²) in [5.74, 6) is -0.297. The molecule has 1 fully saturated rings. The average Bonchev–Trinajstić information content (AvgIpc) is 2.98. The van der Waals surface area contributed by atoms with Crippen molar-refractivity contribution < 1.29 is 18.0 Å². The van der Waals surface area contributed by atoms with Gasteiger partial charge in [-0.2, -0.15) is 13.2 Å². The SMILES string of the molecule is CNCCC(=O)Nc1cc(C(F)(F)F)ccc1N1CCCC1. The van der Waals surface area contributed by atoms with Gasteiger partial charge in [-0.25, -0.2) is 0 Å². The van der Waals surface area contributed by atoms with Crippen LogP contribution in [0.1, 0.15) is 24.8 Å². The van der Waals surface area contributed by atoms with Gasteiger partial charge in [-0.15, -0.1) is 0 Å². The van der Waals surface area contributed by atoms with E-state index in [-0.39, 0.29) is 18.0 Å². The first kappa shape index (κ1) is 16.6. The Hall–Kier alpha value is -1.76. The van der Waals surface area contributed by atoms with E-state index in [9.17, 15) is 18.0 Å². The second-order valence-electron chi connectivity index (χ2n) is 5.33. The molecule has 1 aliphatic rings. The Labute approximate surface area is 127 Å². The third-order valence-corrected chi connectivity index (χ3v) is 3.65. The van der Waals surface area contributed by atoms with Crippen LogP contribution >= 0.6 is 0 Å². The molecule has 122 valence electrons. The van der Waals surface area contributed by atoms with Gasteiger partial charge in [-0.05, 0) is 38.1 Å². The lowest BCUT2D eigenvalue weighted by Gasteiger charge is -2.23. The van der Waals surface area contributed by atoms with Crippen LogP contribution in [-0.4, -0.2) is 32.6 Å². The fourth-order valence-corrected chi connectivity index (χ4v) is 2.50. The molecule has 1 saturated heterocycles. The van der Waals surface area contributed by atoms with Crippen molar-refractivity contribution in [1.82, 2.24) is 5.32 Å². The van der Waals surface area contributed by atoms with Crippen LogP contribution in [-0.2, 0) is 11.0 Å². The molecule has 1 heterocycles. The second kappa shape index (κ2) is 7.00. The van der Waals surface area contributed by atoms with Crippen molar-refractivity contribution in [3.8, 4) is 0 Å². The summed E-state index contributed by atoms with van der Waals surface area (Å²) in [7, 11) is 1.72.